The Bertz CT molecular complexity index is 281. The van der Waals surface area contributed by atoms with Crippen LogP contribution in [0.25, 0.3) is 0 Å². The lowest BCUT2D eigenvalue weighted by atomic mass is 10.1. The van der Waals surface area contributed by atoms with Gasteiger partial charge in [0.25, 0.3) is 0 Å². The van der Waals surface area contributed by atoms with Gasteiger partial charge in [0.2, 0.25) is 5.89 Å². The van der Waals surface area contributed by atoms with Gasteiger partial charge in [0.15, 0.2) is 5.82 Å². The molecule has 1 aromatic rings. The van der Waals surface area contributed by atoms with Gasteiger partial charge >= 0.3 is 0 Å². The van der Waals surface area contributed by atoms with Gasteiger partial charge in [-0.3, -0.25) is 0 Å². The Morgan fingerprint density at radius 2 is 2.50 bits per heavy atom. The molecule has 1 saturated heterocycles. The molecule has 5 nitrogen and oxygen atoms in total. The van der Waals surface area contributed by atoms with Crippen molar-refractivity contribution in [1.82, 2.24) is 15.5 Å². The maximum absolute atomic E-state index is 8.68. The summed E-state index contributed by atoms with van der Waals surface area (Å²) < 4.78 is 4.97. The molecule has 1 fully saturated rings. The van der Waals surface area contributed by atoms with Gasteiger partial charge in [-0.25, -0.2) is 0 Å². The lowest BCUT2D eigenvalue weighted by Gasteiger charge is -2.01. The minimum Gasteiger partial charge on any atom is -0.396 e. The summed E-state index contributed by atoms with van der Waals surface area (Å²) in [5, 5.41) is 15.8. The molecule has 2 N–H and O–H groups in total. The fraction of sp³-hybridized carbons (Fsp3) is 0.778. The van der Waals surface area contributed by atoms with E-state index in [1.807, 2.05) is 0 Å². The van der Waals surface area contributed by atoms with E-state index in [1.165, 1.54) is 6.42 Å². The first-order valence-electron chi connectivity index (χ1n) is 5.01. The van der Waals surface area contributed by atoms with E-state index in [-0.39, 0.29) is 6.61 Å². The highest BCUT2D eigenvalue weighted by atomic mass is 16.5. The topological polar surface area (TPSA) is 71.2 Å². The second kappa shape index (κ2) is 4.52. The molecular weight excluding hydrogens is 182 g/mol. The average molecular weight is 197 g/mol. The summed E-state index contributed by atoms with van der Waals surface area (Å²) in [6, 6.07) is 0. The zero-order valence-corrected chi connectivity index (χ0v) is 8.07. The van der Waals surface area contributed by atoms with E-state index in [9.17, 15) is 0 Å². The smallest absolute Gasteiger partial charge is 0.228 e. The molecule has 78 valence electrons. The third-order valence-corrected chi connectivity index (χ3v) is 2.47. The molecule has 1 aliphatic heterocycles. The fourth-order valence-corrected chi connectivity index (χ4v) is 1.72. The number of aromatic nitrogens is 2. The summed E-state index contributed by atoms with van der Waals surface area (Å²) in [4.78, 5) is 4.20. The van der Waals surface area contributed by atoms with Gasteiger partial charge in [0.05, 0.1) is 13.0 Å². The Hall–Kier alpha value is -0.940. The Labute approximate surface area is 82.5 Å². The SMILES string of the molecule is OCCc1nc(CC2CCNC2)no1. The van der Waals surface area contributed by atoms with Crippen molar-refractivity contribution < 1.29 is 9.63 Å². The molecule has 0 aliphatic carbocycles. The van der Waals surface area contributed by atoms with Gasteiger partial charge in [-0.1, -0.05) is 5.16 Å². The first-order valence-corrected chi connectivity index (χ1v) is 5.01. The standard InChI is InChI=1S/C9H15N3O2/c13-4-2-9-11-8(12-14-9)5-7-1-3-10-6-7/h7,10,13H,1-6H2. The van der Waals surface area contributed by atoms with Gasteiger partial charge in [-0.05, 0) is 25.4 Å². The Kier molecular flexibility index (Phi) is 3.10. The third-order valence-electron chi connectivity index (χ3n) is 2.47. The molecule has 5 heteroatoms. The Morgan fingerprint density at radius 1 is 1.57 bits per heavy atom. The molecule has 14 heavy (non-hydrogen) atoms. The van der Waals surface area contributed by atoms with Crippen LogP contribution in [0.4, 0.5) is 0 Å². The van der Waals surface area contributed by atoms with E-state index < -0.39 is 0 Å². The molecule has 0 aromatic carbocycles. The van der Waals surface area contributed by atoms with Gasteiger partial charge in [0.1, 0.15) is 0 Å². The average Bonchev–Trinajstić information content (AvgIpc) is 2.79. The van der Waals surface area contributed by atoms with E-state index in [0.29, 0.717) is 18.2 Å². The normalized spacial score (nSPS) is 21.6. The lowest BCUT2D eigenvalue weighted by Crippen LogP contribution is -2.11. The molecule has 2 rings (SSSR count). The first kappa shape index (κ1) is 9.61. The minimum absolute atomic E-state index is 0.0621. The summed E-state index contributed by atoms with van der Waals surface area (Å²) in [5.74, 6) is 1.94. The van der Waals surface area contributed by atoms with Gasteiger partial charge in [0, 0.05) is 6.42 Å². The van der Waals surface area contributed by atoms with Crippen LogP contribution in [0, 0.1) is 5.92 Å². The van der Waals surface area contributed by atoms with E-state index in [1.54, 1.807) is 0 Å². The molecule has 0 radical (unpaired) electrons. The Morgan fingerprint density at radius 3 is 3.21 bits per heavy atom. The highest BCUT2D eigenvalue weighted by molar-refractivity contribution is 4.90. The van der Waals surface area contributed by atoms with E-state index in [4.69, 9.17) is 9.63 Å². The first-order chi connectivity index (χ1) is 6.88. The second-order valence-electron chi connectivity index (χ2n) is 3.64. The second-order valence-corrected chi connectivity index (χ2v) is 3.64. The van der Waals surface area contributed by atoms with Crippen molar-refractivity contribution >= 4 is 0 Å². The van der Waals surface area contributed by atoms with Gasteiger partial charge in [-0.2, -0.15) is 4.98 Å². The van der Waals surface area contributed by atoms with Gasteiger partial charge in [-0.15, -0.1) is 0 Å². The van der Waals surface area contributed by atoms with Crippen LogP contribution < -0.4 is 5.32 Å². The lowest BCUT2D eigenvalue weighted by molar-refractivity contribution is 0.273. The highest BCUT2D eigenvalue weighted by Crippen LogP contribution is 2.13. The van der Waals surface area contributed by atoms with Crippen LogP contribution >= 0.6 is 0 Å². The van der Waals surface area contributed by atoms with Crippen LogP contribution in [0.5, 0.6) is 0 Å². The molecule has 0 amide bonds. The number of hydrogen-bond acceptors (Lipinski definition) is 5. The summed E-state index contributed by atoms with van der Waals surface area (Å²) in [7, 11) is 0. The van der Waals surface area contributed by atoms with Crippen LogP contribution in [0.15, 0.2) is 4.52 Å². The minimum atomic E-state index is 0.0621. The van der Waals surface area contributed by atoms with E-state index >= 15 is 0 Å². The summed E-state index contributed by atoms with van der Waals surface area (Å²) in [6.45, 7) is 2.20. The number of nitrogens with zero attached hydrogens (tertiary/aromatic N) is 2. The summed E-state index contributed by atoms with van der Waals surface area (Å²) >= 11 is 0. The molecule has 1 atom stereocenters. The predicted octanol–water partition coefficient (Wildman–Crippen LogP) is -0.244. The molecule has 1 aromatic heterocycles. The Balaban J connectivity index is 1.88. The van der Waals surface area contributed by atoms with Crippen LogP contribution in [0.3, 0.4) is 0 Å². The van der Waals surface area contributed by atoms with Crippen molar-refractivity contribution in [2.24, 2.45) is 5.92 Å². The number of rotatable bonds is 4. The molecule has 2 heterocycles. The number of aliphatic hydroxyl groups excluding tert-OH is 1. The molecule has 0 spiro atoms. The van der Waals surface area contributed by atoms with Crippen molar-refractivity contribution in [3.8, 4) is 0 Å². The maximum atomic E-state index is 8.68. The number of nitrogens with one attached hydrogen (secondary N) is 1. The van der Waals surface area contributed by atoms with Crippen molar-refractivity contribution in [3.05, 3.63) is 11.7 Å². The van der Waals surface area contributed by atoms with Crippen LogP contribution in [-0.4, -0.2) is 34.9 Å². The van der Waals surface area contributed by atoms with Crippen molar-refractivity contribution in [1.29, 1.82) is 0 Å². The number of aliphatic hydroxyl groups is 1. The molecule has 1 unspecified atom stereocenters. The molecule has 0 bridgehead atoms. The van der Waals surface area contributed by atoms with E-state index in [0.717, 1.165) is 25.3 Å². The van der Waals surface area contributed by atoms with Crippen molar-refractivity contribution in [2.75, 3.05) is 19.7 Å². The zero-order valence-electron chi connectivity index (χ0n) is 8.07. The van der Waals surface area contributed by atoms with Crippen LogP contribution in [0.1, 0.15) is 18.1 Å². The van der Waals surface area contributed by atoms with Crippen molar-refractivity contribution in [2.45, 2.75) is 19.3 Å². The number of hydrogen-bond donors (Lipinski definition) is 2. The molecule has 0 saturated carbocycles. The monoisotopic (exact) mass is 197 g/mol. The molecular formula is C9H15N3O2. The molecule has 1 aliphatic rings. The predicted molar refractivity (Wildman–Crippen MR) is 49.8 cm³/mol. The van der Waals surface area contributed by atoms with Crippen LogP contribution in [-0.2, 0) is 12.8 Å². The third kappa shape index (κ3) is 2.30. The summed E-state index contributed by atoms with van der Waals surface area (Å²) in [5.41, 5.74) is 0. The zero-order chi connectivity index (χ0) is 9.80. The van der Waals surface area contributed by atoms with Gasteiger partial charge < -0.3 is 14.9 Å². The van der Waals surface area contributed by atoms with Crippen LogP contribution in [0.2, 0.25) is 0 Å². The highest BCUT2D eigenvalue weighted by Gasteiger charge is 2.17. The van der Waals surface area contributed by atoms with Crippen molar-refractivity contribution in [3.63, 3.8) is 0 Å². The fourth-order valence-electron chi connectivity index (χ4n) is 1.72. The largest absolute Gasteiger partial charge is 0.396 e. The quantitative estimate of drug-likeness (QED) is 0.697. The summed E-state index contributed by atoms with van der Waals surface area (Å²) in [6.07, 6.45) is 2.52. The van der Waals surface area contributed by atoms with E-state index in [2.05, 4.69) is 15.5 Å². The maximum Gasteiger partial charge on any atom is 0.228 e.